The minimum Gasteiger partial charge on any atom is -0.327 e. The third-order valence-electron chi connectivity index (χ3n) is 3.54. The fourth-order valence-corrected chi connectivity index (χ4v) is 2.47. The van der Waals surface area contributed by atoms with E-state index < -0.39 is 0 Å². The molecule has 1 amide bonds. The van der Waals surface area contributed by atoms with Crippen LogP contribution in [0.5, 0.6) is 0 Å². The maximum absolute atomic E-state index is 12.7. The van der Waals surface area contributed by atoms with E-state index in [1.165, 1.54) is 12.1 Å². The molecule has 0 saturated heterocycles. The van der Waals surface area contributed by atoms with E-state index in [-0.39, 0.29) is 36.1 Å². The second-order valence-corrected chi connectivity index (χ2v) is 4.97. The largest absolute Gasteiger partial charge is 0.327 e. The summed E-state index contributed by atoms with van der Waals surface area (Å²) in [5.41, 5.74) is 6.64. The zero-order valence-corrected chi connectivity index (χ0v) is 11.6. The molecule has 2 atom stereocenters. The van der Waals surface area contributed by atoms with E-state index in [1.807, 2.05) is 0 Å². The van der Waals surface area contributed by atoms with Crippen LogP contribution in [0.3, 0.4) is 0 Å². The topological polar surface area (TPSA) is 55.1 Å². The number of carbonyl (C=O) groups is 1. The summed E-state index contributed by atoms with van der Waals surface area (Å²) in [6.45, 7) is 0. The van der Waals surface area contributed by atoms with Gasteiger partial charge in [0.1, 0.15) is 5.82 Å². The number of rotatable bonds is 3. The van der Waals surface area contributed by atoms with Crippen molar-refractivity contribution in [2.24, 2.45) is 11.7 Å². The lowest BCUT2D eigenvalue weighted by Crippen LogP contribution is -2.35. The number of amides is 1. The van der Waals surface area contributed by atoms with E-state index >= 15 is 0 Å². The first-order chi connectivity index (χ1) is 8.65. The van der Waals surface area contributed by atoms with E-state index in [9.17, 15) is 9.18 Å². The summed E-state index contributed by atoms with van der Waals surface area (Å²) in [6, 6.07) is 5.93. The molecule has 0 aromatic heterocycles. The highest BCUT2D eigenvalue weighted by atomic mass is 35.5. The molecule has 0 heterocycles. The van der Waals surface area contributed by atoms with Crippen LogP contribution < -0.4 is 11.1 Å². The van der Waals surface area contributed by atoms with Crippen LogP contribution in [-0.4, -0.2) is 11.9 Å². The maximum atomic E-state index is 12.7. The molecular weight excluding hydrogens is 267 g/mol. The van der Waals surface area contributed by atoms with Gasteiger partial charge in [-0.15, -0.1) is 12.4 Å². The van der Waals surface area contributed by atoms with Gasteiger partial charge in [0.05, 0.1) is 0 Å². The zero-order valence-electron chi connectivity index (χ0n) is 10.8. The van der Waals surface area contributed by atoms with Gasteiger partial charge < -0.3 is 11.1 Å². The maximum Gasteiger partial charge on any atom is 0.224 e. The summed E-state index contributed by atoms with van der Waals surface area (Å²) in [7, 11) is 0. The van der Waals surface area contributed by atoms with Crippen LogP contribution in [-0.2, 0) is 4.79 Å². The second kappa shape index (κ2) is 7.46. The summed E-state index contributed by atoms with van der Waals surface area (Å²) in [6.07, 6.45) is 4.81. The average Bonchev–Trinajstić information content (AvgIpc) is 2.35. The Kier molecular flexibility index (Phi) is 6.25. The molecule has 2 rings (SSSR count). The number of halogens is 2. The third-order valence-corrected chi connectivity index (χ3v) is 3.54. The van der Waals surface area contributed by atoms with Crippen molar-refractivity contribution in [1.29, 1.82) is 0 Å². The quantitative estimate of drug-likeness (QED) is 0.897. The lowest BCUT2D eigenvalue weighted by Gasteiger charge is -2.27. The first kappa shape index (κ1) is 15.9. The van der Waals surface area contributed by atoms with Crippen molar-refractivity contribution in [2.75, 3.05) is 5.32 Å². The van der Waals surface area contributed by atoms with Gasteiger partial charge in [-0.3, -0.25) is 4.79 Å². The second-order valence-electron chi connectivity index (χ2n) is 4.97. The van der Waals surface area contributed by atoms with Crippen LogP contribution in [0.1, 0.15) is 32.1 Å². The van der Waals surface area contributed by atoms with Crippen molar-refractivity contribution in [2.45, 2.75) is 38.1 Å². The van der Waals surface area contributed by atoms with Gasteiger partial charge in [-0.25, -0.2) is 4.39 Å². The normalized spacial score (nSPS) is 22.4. The fourth-order valence-electron chi connectivity index (χ4n) is 2.47. The molecule has 0 spiro atoms. The molecule has 1 aliphatic carbocycles. The number of anilines is 1. The molecule has 1 aromatic rings. The van der Waals surface area contributed by atoms with Crippen molar-refractivity contribution in [3.63, 3.8) is 0 Å². The number of carbonyl (C=O) groups excluding carboxylic acids is 1. The molecule has 1 saturated carbocycles. The fraction of sp³-hybridized carbons (Fsp3) is 0.500. The summed E-state index contributed by atoms with van der Waals surface area (Å²) < 4.78 is 12.7. The lowest BCUT2D eigenvalue weighted by molar-refractivity contribution is -0.117. The predicted molar refractivity (Wildman–Crippen MR) is 76.8 cm³/mol. The summed E-state index contributed by atoms with van der Waals surface area (Å²) in [5.74, 6) is -0.0644. The Balaban J connectivity index is 0.00000180. The molecule has 1 fully saturated rings. The Hall–Kier alpha value is -1.13. The molecular formula is C14H20ClFN2O. The summed E-state index contributed by atoms with van der Waals surface area (Å²) >= 11 is 0. The van der Waals surface area contributed by atoms with Gasteiger partial charge >= 0.3 is 0 Å². The molecule has 0 bridgehead atoms. The Morgan fingerprint density at radius 1 is 1.26 bits per heavy atom. The molecule has 1 aromatic carbocycles. The standard InChI is InChI=1S/C14H19FN2O.ClH/c15-11-5-7-12(8-6-11)17-14(18)9-10-3-1-2-4-13(10)16;/h5-8,10,13H,1-4,9,16H2,(H,17,18);1H. The van der Waals surface area contributed by atoms with Crippen LogP contribution in [0.4, 0.5) is 10.1 Å². The minimum atomic E-state index is -0.303. The van der Waals surface area contributed by atoms with E-state index in [2.05, 4.69) is 5.32 Å². The predicted octanol–water partition coefficient (Wildman–Crippen LogP) is 3.09. The van der Waals surface area contributed by atoms with E-state index in [4.69, 9.17) is 5.73 Å². The average molecular weight is 287 g/mol. The molecule has 1 aliphatic rings. The Labute approximate surface area is 119 Å². The van der Waals surface area contributed by atoms with Crippen LogP contribution in [0.15, 0.2) is 24.3 Å². The SMILES string of the molecule is Cl.NC1CCCCC1CC(=O)Nc1ccc(F)cc1. The van der Waals surface area contributed by atoms with Crippen LogP contribution in [0, 0.1) is 11.7 Å². The van der Waals surface area contributed by atoms with Crippen molar-refractivity contribution in [3.05, 3.63) is 30.1 Å². The molecule has 19 heavy (non-hydrogen) atoms. The molecule has 2 unspecified atom stereocenters. The van der Waals surface area contributed by atoms with Crippen LogP contribution >= 0.6 is 12.4 Å². The van der Waals surface area contributed by atoms with Gasteiger partial charge in [-0.1, -0.05) is 12.8 Å². The Morgan fingerprint density at radius 3 is 2.53 bits per heavy atom. The molecule has 0 radical (unpaired) electrons. The molecule has 0 aliphatic heterocycles. The highest BCUT2D eigenvalue weighted by Gasteiger charge is 2.24. The van der Waals surface area contributed by atoms with Gasteiger partial charge in [0, 0.05) is 18.2 Å². The first-order valence-electron chi connectivity index (χ1n) is 6.46. The van der Waals surface area contributed by atoms with E-state index in [1.54, 1.807) is 12.1 Å². The van der Waals surface area contributed by atoms with Crippen molar-refractivity contribution >= 4 is 24.0 Å². The number of nitrogens with two attached hydrogens (primary N) is 1. The van der Waals surface area contributed by atoms with Gasteiger partial charge in [-0.05, 0) is 43.0 Å². The molecule has 106 valence electrons. The Morgan fingerprint density at radius 2 is 1.89 bits per heavy atom. The van der Waals surface area contributed by atoms with Gasteiger partial charge in [0.2, 0.25) is 5.91 Å². The van der Waals surface area contributed by atoms with Crippen molar-refractivity contribution < 1.29 is 9.18 Å². The number of hydrogen-bond acceptors (Lipinski definition) is 2. The highest BCUT2D eigenvalue weighted by molar-refractivity contribution is 5.90. The van der Waals surface area contributed by atoms with E-state index in [0.717, 1.165) is 25.7 Å². The highest BCUT2D eigenvalue weighted by Crippen LogP contribution is 2.26. The molecule has 5 heteroatoms. The van der Waals surface area contributed by atoms with Crippen molar-refractivity contribution in [3.8, 4) is 0 Å². The molecule has 3 nitrogen and oxygen atoms in total. The van der Waals surface area contributed by atoms with Gasteiger partial charge in [0.15, 0.2) is 0 Å². The zero-order chi connectivity index (χ0) is 13.0. The monoisotopic (exact) mass is 286 g/mol. The molecule has 3 N–H and O–H groups in total. The van der Waals surface area contributed by atoms with Crippen LogP contribution in [0.25, 0.3) is 0 Å². The summed E-state index contributed by atoms with van der Waals surface area (Å²) in [5, 5.41) is 2.78. The van der Waals surface area contributed by atoms with Gasteiger partial charge in [0.25, 0.3) is 0 Å². The third kappa shape index (κ3) is 4.80. The first-order valence-corrected chi connectivity index (χ1v) is 6.46. The Bertz CT molecular complexity index is 410. The van der Waals surface area contributed by atoms with E-state index in [0.29, 0.717) is 12.1 Å². The minimum absolute atomic E-state index is 0. The van der Waals surface area contributed by atoms with Crippen molar-refractivity contribution in [1.82, 2.24) is 0 Å². The summed E-state index contributed by atoms with van der Waals surface area (Å²) in [4.78, 5) is 11.9. The number of nitrogens with one attached hydrogen (secondary N) is 1. The number of benzene rings is 1. The number of hydrogen-bond donors (Lipinski definition) is 2. The smallest absolute Gasteiger partial charge is 0.224 e. The van der Waals surface area contributed by atoms with Gasteiger partial charge in [-0.2, -0.15) is 0 Å². The lowest BCUT2D eigenvalue weighted by atomic mass is 9.83. The van der Waals surface area contributed by atoms with Crippen LogP contribution in [0.2, 0.25) is 0 Å².